The predicted molar refractivity (Wildman–Crippen MR) is 151 cm³/mol. The molecule has 7 nitrogen and oxygen atoms in total. The Morgan fingerprint density at radius 3 is 2.39 bits per heavy atom. The molecule has 0 amide bonds. The minimum Gasteiger partial charge on any atom is -0.512 e. The van der Waals surface area contributed by atoms with E-state index < -0.39 is 30.2 Å². The molecule has 0 aromatic heterocycles. The van der Waals surface area contributed by atoms with Crippen molar-refractivity contribution in [2.45, 2.75) is 131 Å². The Balaban J connectivity index is 2.94. The lowest BCUT2D eigenvalue weighted by molar-refractivity contribution is -0.229. The number of hydrogen-bond donors (Lipinski definition) is 2. The molecule has 0 saturated carbocycles. The number of terminal acetylenes is 1. The Kier molecular flexibility index (Phi) is 16.4. The third-order valence-corrected chi connectivity index (χ3v) is 7.32. The van der Waals surface area contributed by atoms with Gasteiger partial charge in [0, 0.05) is 19.6 Å². The van der Waals surface area contributed by atoms with Gasteiger partial charge in [0.15, 0.2) is 6.29 Å². The molecule has 0 aliphatic carbocycles. The van der Waals surface area contributed by atoms with Gasteiger partial charge in [-0.25, -0.2) is 0 Å². The van der Waals surface area contributed by atoms with Crippen LogP contribution in [0.5, 0.6) is 0 Å². The van der Waals surface area contributed by atoms with Gasteiger partial charge < -0.3 is 29.2 Å². The SMILES string of the molecule is C#CC(=O)C(C)/C(O)=C/[C@@H](OC1CC(C)CC(C)O1)C(C[C@@H](C)CCCOC(C(C)C)C(O)CC)OCC. The molecule has 1 heterocycles. The van der Waals surface area contributed by atoms with Gasteiger partial charge in [-0.2, -0.15) is 0 Å². The second-order valence-electron chi connectivity index (χ2n) is 11.4. The second-order valence-corrected chi connectivity index (χ2v) is 11.4. The number of allylic oxidation sites excluding steroid dienone is 1. The Bertz CT molecular complexity index is 733. The normalized spacial score (nSPS) is 25.3. The van der Waals surface area contributed by atoms with E-state index >= 15 is 0 Å². The van der Waals surface area contributed by atoms with Crippen molar-refractivity contribution in [2.75, 3.05) is 13.2 Å². The van der Waals surface area contributed by atoms with E-state index in [1.54, 1.807) is 13.0 Å². The third-order valence-electron chi connectivity index (χ3n) is 7.32. The van der Waals surface area contributed by atoms with Crippen LogP contribution in [0.1, 0.15) is 93.9 Å². The number of ketones is 1. The minimum atomic E-state index is -0.819. The maximum atomic E-state index is 12.0. The fraction of sp³-hybridized carbons (Fsp3) is 0.839. The number of hydrogen-bond acceptors (Lipinski definition) is 7. The molecule has 220 valence electrons. The van der Waals surface area contributed by atoms with Crippen molar-refractivity contribution in [3.05, 3.63) is 11.8 Å². The van der Waals surface area contributed by atoms with Gasteiger partial charge in [0.25, 0.3) is 0 Å². The molecule has 1 saturated heterocycles. The van der Waals surface area contributed by atoms with E-state index in [2.05, 4.69) is 33.6 Å². The zero-order chi connectivity index (χ0) is 28.8. The third kappa shape index (κ3) is 12.2. The van der Waals surface area contributed by atoms with Crippen molar-refractivity contribution < 1.29 is 34.0 Å². The molecule has 1 rings (SSSR count). The lowest BCUT2D eigenvalue weighted by Crippen LogP contribution is -2.40. The smallest absolute Gasteiger partial charge is 0.215 e. The van der Waals surface area contributed by atoms with Gasteiger partial charge in [-0.1, -0.05) is 34.6 Å². The van der Waals surface area contributed by atoms with E-state index in [1.165, 1.54) is 0 Å². The van der Waals surface area contributed by atoms with E-state index in [4.69, 9.17) is 25.4 Å². The summed E-state index contributed by atoms with van der Waals surface area (Å²) in [5, 5.41) is 21.0. The molecule has 0 radical (unpaired) electrons. The van der Waals surface area contributed by atoms with Crippen LogP contribution in [-0.2, 0) is 23.7 Å². The molecule has 9 atom stereocenters. The number of ether oxygens (including phenoxy) is 4. The van der Waals surface area contributed by atoms with Gasteiger partial charge in [-0.05, 0) is 82.6 Å². The Hall–Kier alpha value is -1.43. The van der Waals surface area contributed by atoms with Crippen LogP contribution in [0, 0.1) is 36.0 Å². The van der Waals surface area contributed by atoms with Crippen LogP contribution in [0.25, 0.3) is 0 Å². The molecule has 1 aliphatic heterocycles. The average molecular weight is 539 g/mol. The first kappa shape index (κ1) is 34.6. The fourth-order valence-electron chi connectivity index (χ4n) is 5.09. The number of carbonyl (C=O) groups excluding carboxylic acids is 1. The highest BCUT2D eigenvalue weighted by atomic mass is 16.7. The summed E-state index contributed by atoms with van der Waals surface area (Å²) in [6, 6.07) is 0. The van der Waals surface area contributed by atoms with Crippen LogP contribution < -0.4 is 0 Å². The summed E-state index contributed by atoms with van der Waals surface area (Å²) in [6.07, 6.45) is 9.81. The Labute approximate surface area is 231 Å². The maximum Gasteiger partial charge on any atom is 0.215 e. The van der Waals surface area contributed by atoms with Gasteiger partial charge >= 0.3 is 0 Å². The summed E-state index contributed by atoms with van der Waals surface area (Å²) in [5.74, 6) is 1.66. The number of aliphatic hydroxyl groups excluding tert-OH is 2. The van der Waals surface area contributed by atoms with Crippen LogP contribution in [0.3, 0.4) is 0 Å². The Morgan fingerprint density at radius 1 is 1.16 bits per heavy atom. The molecule has 7 unspecified atom stereocenters. The molecule has 0 bridgehead atoms. The van der Waals surface area contributed by atoms with Gasteiger partial charge in [0.1, 0.15) is 11.9 Å². The van der Waals surface area contributed by atoms with Crippen LogP contribution in [0.4, 0.5) is 0 Å². The van der Waals surface area contributed by atoms with Gasteiger partial charge in [0.2, 0.25) is 5.78 Å². The van der Waals surface area contributed by atoms with Crippen molar-refractivity contribution in [3.8, 4) is 12.3 Å². The summed E-state index contributed by atoms with van der Waals surface area (Å²) >= 11 is 0. The molecule has 0 aromatic rings. The van der Waals surface area contributed by atoms with E-state index in [0.29, 0.717) is 37.9 Å². The first-order valence-electron chi connectivity index (χ1n) is 14.6. The van der Waals surface area contributed by atoms with Crippen LogP contribution >= 0.6 is 0 Å². The standard InChI is InChI=1S/C31H54O7/c1-10-25(32)24(9)27(34)19-29(38-30-18-22(7)16-23(8)37-30)28(35-12-3)17-21(6)14-13-15-36-31(20(4)5)26(33)11-2/h1,19-24,26,28-31,33-34H,11-18H2,2-9H3/b27-19-/t21-,22?,23?,24?,26?,28?,29+,30?,31?/m0/s1. The summed E-state index contributed by atoms with van der Waals surface area (Å²) in [4.78, 5) is 12.0. The minimum absolute atomic E-state index is 0.0780. The van der Waals surface area contributed by atoms with Crippen LogP contribution in [-0.4, -0.2) is 66.0 Å². The van der Waals surface area contributed by atoms with Gasteiger partial charge in [0.05, 0.1) is 30.3 Å². The van der Waals surface area contributed by atoms with E-state index in [0.717, 1.165) is 25.7 Å². The lowest BCUT2D eigenvalue weighted by atomic mass is 9.93. The topological polar surface area (TPSA) is 94.5 Å². The fourth-order valence-corrected chi connectivity index (χ4v) is 5.09. The molecule has 0 spiro atoms. The average Bonchev–Trinajstić information content (AvgIpc) is 2.85. The first-order chi connectivity index (χ1) is 17.9. The molecular formula is C31H54O7. The van der Waals surface area contributed by atoms with Gasteiger partial charge in [-0.15, -0.1) is 6.42 Å². The van der Waals surface area contributed by atoms with E-state index in [1.807, 2.05) is 20.8 Å². The summed E-state index contributed by atoms with van der Waals surface area (Å²) < 4.78 is 24.6. The molecule has 7 heteroatoms. The largest absolute Gasteiger partial charge is 0.512 e. The van der Waals surface area contributed by atoms with E-state index in [-0.39, 0.29) is 30.0 Å². The molecule has 38 heavy (non-hydrogen) atoms. The summed E-state index contributed by atoms with van der Waals surface area (Å²) in [6.45, 7) is 17.1. The first-order valence-corrected chi connectivity index (χ1v) is 14.6. The van der Waals surface area contributed by atoms with Crippen molar-refractivity contribution in [3.63, 3.8) is 0 Å². The van der Waals surface area contributed by atoms with Crippen molar-refractivity contribution in [2.24, 2.45) is 23.7 Å². The molecule has 2 N–H and O–H groups in total. The number of carbonyl (C=O) groups is 1. The predicted octanol–water partition coefficient (Wildman–Crippen LogP) is 5.84. The monoisotopic (exact) mass is 538 g/mol. The maximum absolute atomic E-state index is 12.0. The van der Waals surface area contributed by atoms with Crippen molar-refractivity contribution in [1.82, 2.24) is 0 Å². The van der Waals surface area contributed by atoms with Crippen LogP contribution in [0.2, 0.25) is 0 Å². The molecular weight excluding hydrogens is 484 g/mol. The van der Waals surface area contributed by atoms with E-state index in [9.17, 15) is 15.0 Å². The highest BCUT2D eigenvalue weighted by Gasteiger charge is 2.32. The number of aliphatic hydroxyl groups is 2. The zero-order valence-corrected chi connectivity index (χ0v) is 25.0. The molecule has 0 aromatic carbocycles. The zero-order valence-electron chi connectivity index (χ0n) is 25.0. The van der Waals surface area contributed by atoms with Crippen LogP contribution in [0.15, 0.2) is 11.8 Å². The summed E-state index contributed by atoms with van der Waals surface area (Å²) in [5.41, 5.74) is 0. The highest BCUT2D eigenvalue weighted by molar-refractivity contribution is 5.97. The van der Waals surface area contributed by atoms with Gasteiger partial charge in [-0.3, -0.25) is 4.79 Å². The van der Waals surface area contributed by atoms with Crippen molar-refractivity contribution in [1.29, 1.82) is 0 Å². The van der Waals surface area contributed by atoms with Crippen molar-refractivity contribution >= 4 is 5.78 Å². The molecule has 1 fully saturated rings. The quantitative estimate of drug-likeness (QED) is 0.0980. The number of Topliss-reactive ketones (excluding diaryl/α,β-unsaturated/α-hetero) is 1. The lowest BCUT2D eigenvalue weighted by Gasteiger charge is -2.36. The second kappa shape index (κ2) is 18.0. The number of rotatable bonds is 18. The Morgan fingerprint density at radius 2 is 1.84 bits per heavy atom. The molecule has 1 aliphatic rings. The summed E-state index contributed by atoms with van der Waals surface area (Å²) in [7, 11) is 0. The highest BCUT2D eigenvalue weighted by Crippen LogP contribution is 2.29.